The Morgan fingerprint density at radius 2 is 2.05 bits per heavy atom. The minimum Gasteiger partial charge on any atom is -0.346 e. The average Bonchev–Trinajstić information content (AvgIpc) is 2.44. The third-order valence-corrected chi connectivity index (χ3v) is 3.10. The molecule has 0 fully saturated rings. The summed E-state index contributed by atoms with van der Waals surface area (Å²) < 4.78 is 0. The molecule has 1 amide bonds. The van der Waals surface area contributed by atoms with E-state index >= 15 is 0 Å². The zero-order valence-electron chi connectivity index (χ0n) is 11.2. The molecule has 0 unspecified atom stereocenters. The molecule has 2 rings (SSSR count). The largest absolute Gasteiger partial charge is 0.346 e. The quantitative estimate of drug-likeness (QED) is 0.695. The van der Waals surface area contributed by atoms with Crippen molar-refractivity contribution in [2.75, 3.05) is 0 Å². The number of aromatic nitrogens is 1. The van der Waals surface area contributed by atoms with E-state index in [9.17, 15) is 14.9 Å². The molecule has 1 aromatic heterocycles. The Morgan fingerprint density at radius 1 is 1.33 bits per heavy atom. The number of nitrogens with zero attached hydrogens (tertiary/aromatic N) is 2. The van der Waals surface area contributed by atoms with Gasteiger partial charge in [-0.15, -0.1) is 0 Å². The maximum atomic E-state index is 12.1. The molecule has 0 bridgehead atoms. The number of para-hydroxylation sites is 1. The predicted octanol–water partition coefficient (Wildman–Crippen LogP) is 2.88. The second kappa shape index (κ2) is 6.32. The van der Waals surface area contributed by atoms with E-state index < -0.39 is 16.5 Å². The van der Waals surface area contributed by atoms with Gasteiger partial charge in [0.05, 0.1) is 17.2 Å². The smallest absolute Gasteiger partial charge is 0.300 e. The summed E-state index contributed by atoms with van der Waals surface area (Å²) in [6.45, 7) is 2.03. The summed E-state index contributed by atoms with van der Waals surface area (Å²) in [7, 11) is 0. The number of hydrogen-bond donors (Lipinski definition) is 1. The summed E-state index contributed by atoms with van der Waals surface area (Å²) in [6.07, 6.45) is 0. The maximum Gasteiger partial charge on any atom is 0.300 e. The van der Waals surface area contributed by atoms with Crippen molar-refractivity contribution < 1.29 is 9.72 Å². The zero-order valence-corrected chi connectivity index (χ0v) is 11.9. The standard InChI is InChI=1S/C14H12ClN3O3/c1-9-4-2-5-10(17-9)8-16-14(19)11-6-3-7-12(15)13(11)18(20)21/h2-7H,8H2,1H3,(H,16,19). The molecule has 0 aliphatic rings. The highest BCUT2D eigenvalue weighted by molar-refractivity contribution is 6.33. The van der Waals surface area contributed by atoms with Gasteiger partial charge in [-0.1, -0.05) is 23.7 Å². The van der Waals surface area contributed by atoms with Crippen LogP contribution >= 0.6 is 11.6 Å². The molecule has 2 aromatic rings. The molecule has 108 valence electrons. The highest BCUT2D eigenvalue weighted by Gasteiger charge is 2.23. The van der Waals surface area contributed by atoms with Crippen molar-refractivity contribution in [3.05, 3.63) is 68.5 Å². The van der Waals surface area contributed by atoms with Crippen LogP contribution in [0, 0.1) is 17.0 Å². The summed E-state index contributed by atoms with van der Waals surface area (Å²) in [5.74, 6) is -0.562. The number of nitro groups is 1. The first-order chi connectivity index (χ1) is 9.99. The summed E-state index contributed by atoms with van der Waals surface area (Å²) >= 11 is 5.77. The van der Waals surface area contributed by atoms with Crippen molar-refractivity contribution in [3.63, 3.8) is 0 Å². The zero-order chi connectivity index (χ0) is 15.4. The molecule has 1 aromatic carbocycles. The monoisotopic (exact) mass is 305 g/mol. The number of carbonyl (C=O) groups excluding carboxylic acids is 1. The first kappa shape index (κ1) is 14.9. The molecule has 0 aliphatic heterocycles. The van der Waals surface area contributed by atoms with Gasteiger partial charge in [0.2, 0.25) is 0 Å². The topological polar surface area (TPSA) is 85.1 Å². The second-order valence-electron chi connectivity index (χ2n) is 4.35. The molecule has 0 aliphatic carbocycles. The number of halogens is 1. The molecule has 7 heteroatoms. The van der Waals surface area contributed by atoms with Crippen molar-refractivity contribution in [1.29, 1.82) is 0 Å². The van der Waals surface area contributed by atoms with Crippen LogP contribution in [0.5, 0.6) is 0 Å². The summed E-state index contributed by atoms with van der Waals surface area (Å²) in [6, 6.07) is 9.66. The van der Waals surface area contributed by atoms with Crippen molar-refractivity contribution in [2.45, 2.75) is 13.5 Å². The van der Waals surface area contributed by atoms with E-state index in [0.29, 0.717) is 5.69 Å². The Hall–Kier alpha value is -2.47. The number of hydrogen-bond acceptors (Lipinski definition) is 4. The molecule has 0 spiro atoms. The molecule has 0 saturated carbocycles. The van der Waals surface area contributed by atoms with Crippen LogP contribution in [-0.4, -0.2) is 15.8 Å². The Kier molecular flexibility index (Phi) is 4.49. The van der Waals surface area contributed by atoms with Gasteiger partial charge < -0.3 is 5.32 Å². The molecule has 21 heavy (non-hydrogen) atoms. The van der Waals surface area contributed by atoms with E-state index in [-0.39, 0.29) is 17.1 Å². The second-order valence-corrected chi connectivity index (χ2v) is 4.75. The van der Waals surface area contributed by atoms with Crippen LogP contribution in [0.25, 0.3) is 0 Å². The fourth-order valence-electron chi connectivity index (χ4n) is 1.85. The first-order valence-corrected chi connectivity index (χ1v) is 6.50. The Labute approximate surface area is 125 Å². The summed E-state index contributed by atoms with van der Waals surface area (Å²) in [4.78, 5) is 26.6. The Balaban J connectivity index is 2.18. The van der Waals surface area contributed by atoms with E-state index in [1.54, 1.807) is 6.07 Å². The fourth-order valence-corrected chi connectivity index (χ4v) is 2.09. The van der Waals surface area contributed by atoms with E-state index in [1.165, 1.54) is 18.2 Å². The van der Waals surface area contributed by atoms with Gasteiger partial charge in [0.15, 0.2) is 0 Å². The van der Waals surface area contributed by atoms with Crippen molar-refractivity contribution >= 4 is 23.2 Å². The van der Waals surface area contributed by atoms with Gasteiger partial charge in [-0.25, -0.2) is 0 Å². The van der Waals surface area contributed by atoms with Gasteiger partial charge in [0.1, 0.15) is 10.6 Å². The van der Waals surface area contributed by atoms with E-state index in [1.807, 2.05) is 19.1 Å². The lowest BCUT2D eigenvalue weighted by molar-refractivity contribution is -0.385. The number of carbonyl (C=O) groups is 1. The highest BCUT2D eigenvalue weighted by Crippen LogP contribution is 2.28. The van der Waals surface area contributed by atoms with Gasteiger partial charge in [-0.2, -0.15) is 0 Å². The van der Waals surface area contributed by atoms with Gasteiger partial charge in [-0.05, 0) is 31.2 Å². The lowest BCUT2D eigenvalue weighted by Crippen LogP contribution is -2.24. The maximum absolute atomic E-state index is 12.1. The molecule has 0 atom stereocenters. The number of aryl methyl sites for hydroxylation is 1. The molecule has 0 radical (unpaired) electrons. The van der Waals surface area contributed by atoms with Crippen LogP contribution in [0.15, 0.2) is 36.4 Å². The molecular formula is C14H12ClN3O3. The van der Waals surface area contributed by atoms with Crippen LogP contribution in [0.3, 0.4) is 0 Å². The number of pyridine rings is 1. The average molecular weight is 306 g/mol. The fraction of sp³-hybridized carbons (Fsp3) is 0.143. The number of benzene rings is 1. The van der Waals surface area contributed by atoms with Gasteiger partial charge in [0, 0.05) is 5.69 Å². The van der Waals surface area contributed by atoms with Crippen molar-refractivity contribution in [1.82, 2.24) is 10.3 Å². The van der Waals surface area contributed by atoms with Crippen molar-refractivity contribution in [3.8, 4) is 0 Å². The van der Waals surface area contributed by atoms with Crippen LogP contribution in [0.2, 0.25) is 5.02 Å². The van der Waals surface area contributed by atoms with E-state index in [0.717, 1.165) is 5.69 Å². The molecule has 0 saturated heterocycles. The SMILES string of the molecule is Cc1cccc(CNC(=O)c2cccc(Cl)c2[N+](=O)[O-])n1. The highest BCUT2D eigenvalue weighted by atomic mass is 35.5. The minimum absolute atomic E-state index is 0.0682. The lowest BCUT2D eigenvalue weighted by Gasteiger charge is -2.06. The minimum atomic E-state index is -0.665. The predicted molar refractivity (Wildman–Crippen MR) is 78.3 cm³/mol. The number of rotatable bonds is 4. The molecule has 1 N–H and O–H groups in total. The summed E-state index contributed by atoms with van der Waals surface area (Å²) in [5.41, 5.74) is 1.04. The summed E-state index contributed by atoms with van der Waals surface area (Å²) in [5, 5.41) is 13.5. The third-order valence-electron chi connectivity index (χ3n) is 2.79. The van der Waals surface area contributed by atoms with Gasteiger partial charge in [-0.3, -0.25) is 19.9 Å². The van der Waals surface area contributed by atoms with E-state index in [2.05, 4.69) is 10.3 Å². The van der Waals surface area contributed by atoms with Crippen LogP contribution in [-0.2, 0) is 6.54 Å². The Morgan fingerprint density at radius 3 is 2.71 bits per heavy atom. The van der Waals surface area contributed by atoms with E-state index in [4.69, 9.17) is 11.6 Å². The molecule has 6 nitrogen and oxygen atoms in total. The van der Waals surface area contributed by atoms with Gasteiger partial charge in [0.25, 0.3) is 5.91 Å². The third kappa shape index (κ3) is 3.55. The number of nitrogens with one attached hydrogen (secondary N) is 1. The van der Waals surface area contributed by atoms with Crippen LogP contribution in [0.4, 0.5) is 5.69 Å². The number of nitro benzene ring substituents is 1. The van der Waals surface area contributed by atoms with Crippen LogP contribution in [0.1, 0.15) is 21.7 Å². The Bertz CT molecular complexity index is 704. The molecular weight excluding hydrogens is 294 g/mol. The molecule has 1 heterocycles. The first-order valence-electron chi connectivity index (χ1n) is 6.12. The van der Waals surface area contributed by atoms with Gasteiger partial charge >= 0.3 is 5.69 Å². The number of amides is 1. The van der Waals surface area contributed by atoms with Crippen LogP contribution < -0.4 is 5.32 Å². The lowest BCUT2D eigenvalue weighted by atomic mass is 10.1. The van der Waals surface area contributed by atoms with Crippen molar-refractivity contribution in [2.24, 2.45) is 0 Å². The normalized spacial score (nSPS) is 10.2.